The molecule has 1 amide bonds. The Morgan fingerprint density at radius 3 is 1.96 bits per heavy atom. The molecule has 23 heavy (non-hydrogen) atoms. The van der Waals surface area contributed by atoms with Crippen molar-refractivity contribution in [3.05, 3.63) is 0 Å². The molecule has 134 valence electrons. The van der Waals surface area contributed by atoms with E-state index in [-0.39, 0.29) is 5.91 Å². The molecule has 0 saturated carbocycles. The van der Waals surface area contributed by atoms with Crippen LogP contribution in [0.1, 0.15) is 97.3 Å². The van der Waals surface area contributed by atoms with E-state index in [2.05, 4.69) is 6.92 Å². The smallest absolute Gasteiger partial charge is 0.329 e. The molecule has 4 heteroatoms. The Balaban J connectivity index is 2.20. The molecule has 0 aromatic rings. The van der Waals surface area contributed by atoms with Crippen LogP contribution < -0.4 is 0 Å². The SMILES string of the molecule is CCCCCCCCCCCCC1(C(=O)O)CCCN1C(C)=O. The molecule has 0 spiro atoms. The molecule has 0 aromatic carbocycles. The second-order valence-corrected chi connectivity index (χ2v) is 7.04. The highest BCUT2D eigenvalue weighted by Gasteiger charge is 2.48. The van der Waals surface area contributed by atoms with Crippen molar-refractivity contribution in [2.45, 2.75) is 103 Å². The molecule has 1 aliphatic heterocycles. The first-order valence-electron chi connectivity index (χ1n) is 9.56. The van der Waals surface area contributed by atoms with Gasteiger partial charge in [0, 0.05) is 13.5 Å². The fourth-order valence-corrected chi connectivity index (χ4v) is 3.83. The van der Waals surface area contributed by atoms with E-state index in [1.54, 1.807) is 4.90 Å². The minimum atomic E-state index is -0.925. The van der Waals surface area contributed by atoms with E-state index in [0.717, 1.165) is 19.3 Å². The third-order valence-corrected chi connectivity index (χ3v) is 5.21. The van der Waals surface area contributed by atoms with E-state index >= 15 is 0 Å². The summed E-state index contributed by atoms with van der Waals surface area (Å²) in [7, 11) is 0. The Hall–Kier alpha value is -1.06. The Bertz CT molecular complexity index is 370. The molecule has 1 heterocycles. The van der Waals surface area contributed by atoms with E-state index in [0.29, 0.717) is 19.4 Å². The van der Waals surface area contributed by atoms with E-state index in [9.17, 15) is 14.7 Å². The van der Waals surface area contributed by atoms with Crippen LogP contribution in [-0.2, 0) is 9.59 Å². The third kappa shape index (κ3) is 6.15. The quantitative estimate of drug-likeness (QED) is 0.526. The summed E-state index contributed by atoms with van der Waals surface area (Å²) in [5.41, 5.74) is -0.925. The van der Waals surface area contributed by atoms with Gasteiger partial charge in [-0.25, -0.2) is 4.79 Å². The lowest BCUT2D eigenvalue weighted by Gasteiger charge is -2.34. The number of hydrogen-bond donors (Lipinski definition) is 1. The van der Waals surface area contributed by atoms with Gasteiger partial charge in [0.05, 0.1) is 0 Å². The maximum atomic E-state index is 11.7. The zero-order valence-electron chi connectivity index (χ0n) is 15.1. The normalized spacial score (nSPS) is 20.9. The fourth-order valence-electron chi connectivity index (χ4n) is 3.83. The number of amides is 1. The van der Waals surface area contributed by atoms with Crippen LogP contribution in [0.4, 0.5) is 0 Å². The first-order chi connectivity index (χ1) is 11.0. The standard InChI is InChI=1S/C19H35NO3/c1-3-4-5-6-7-8-9-10-11-12-14-19(18(22)23)15-13-16-20(19)17(2)21/h3-16H2,1-2H3,(H,22,23). The van der Waals surface area contributed by atoms with Crippen molar-refractivity contribution in [2.75, 3.05) is 6.54 Å². The maximum absolute atomic E-state index is 11.7. The van der Waals surface area contributed by atoms with Gasteiger partial charge >= 0.3 is 5.97 Å². The van der Waals surface area contributed by atoms with Crippen molar-refractivity contribution in [3.63, 3.8) is 0 Å². The Morgan fingerprint density at radius 2 is 1.48 bits per heavy atom. The first-order valence-corrected chi connectivity index (χ1v) is 9.56. The molecule has 1 atom stereocenters. The zero-order chi connectivity index (χ0) is 17.1. The van der Waals surface area contributed by atoms with Crippen LogP contribution in [0.2, 0.25) is 0 Å². The van der Waals surface area contributed by atoms with Gasteiger partial charge in [-0.15, -0.1) is 0 Å². The predicted octanol–water partition coefficient (Wildman–Crippen LogP) is 4.76. The van der Waals surface area contributed by atoms with Crippen molar-refractivity contribution in [1.82, 2.24) is 4.90 Å². The summed E-state index contributed by atoms with van der Waals surface area (Å²) in [4.78, 5) is 25.0. The topological polar surface area (TPSA) is 57.6 Å². The van der Waals surface area contributed by atoms with Gasteiger partial charge in [-0.2, -0.15) is 0 Å². The number of hydrogen-bond acceptors (Lipinski definition) is 2. The van der Waals surface area contributed by atoms with Crippen molar-refractivity contribution >= 4 is 11.9 Å². The van der Waals surface area contributed by atoms with E-state index in [4.69, 9.17) is 0 Å². The molecule has 1 aliphatic rings. The summed E-state index contributed by atoms with van der Waals surface area (Å²) in [5.74, 6) is -0.918. The molecule has 1 rings (SSSR count). The Labute approximate surface area is 141 Å². The summed E-state index contributed by atoms with van der Waals surface area (Å²) < 4.78 is 0. The molecule has 1 saturated heterocycles. The number of aliphatic carboxylic acids is 1. The van der Waals surface area contributed by atoms with Crippen LogP contribution in [0.25, 0.3) is 0 Å². The molecular formula is C19H35NO3. The van der Waals surface area contributed by atoms with Crippen LogP contribution in [0.15, 0.2) is 0 Å². The minimum absolute atomic E-state index is 0.100. The number of unbranched alkanes of at least 4 members (excludes halogenated alkanes) is 9. The number of likely N-dealkylation sites (tertiary alicyclic amines) is 1. The second kappa shape index (κ2) is 10.7. The fraction of sp³-hybridized carbons (Fsp3) is 0.895. The minimum Gasteiger partial charge on any atom is -0.479 e. The molecule has 0 bridgehead atoms. The third-order valence-electron chi connectivity index (χ3n) is 5.21. The van der Waals surface area contributed by atoms with E-state index < -0.39 is 11.5 Å². The zero-order valence-corrected chi connectivity index (χ0v) is 15.1. The highest BCUT2D eigenvalue weighted by molar-refractivity contribution is 5.86. The van der Waals surface area contributed by atoms with Crippen LogP contribution in [0.3, 0.4) is 0 Å². The molecule has 1 N–H and O–H groups in total. The van der Waals surface area contributed by atoms with Crippen molar-refractivity contribution < 1.29 is 14.7 Å². The largest absolute Gasteiger partial charge is 0.479 e. The van der Waals surface area contributed by atoms with Gasteiger partial charge in [0.2, 0.25) is 5.91 Å². The average Bonchev–Trinajstić information content (AvgIpc) is 2.94. The lowest BCUT2D eigenvalue weighted by atomic mass is 9.89. The average molecular weight is 325 g/mol. The van der Waals surface area contributed by atoms with Gasteiger partial charge in [-0.05, 0) is 19.3 Å². The maximum Gasteiger partial charge on any atom is 0.329 e. The Morgan fingerprint density at radius 1 is 0.957 bits per heavy atom. The molecule has 4 nitrogen and oxygen atoms in total. The van der Waals surface area contributed by atoms with Crippen LogP contribution >= 0.6 is 0 Å². The Kier molecular flexibility index (Phi) is 9.27. The lowest BCUT2D eigenvalue weighted by molar-refractivity contribution is -0.156. The van der Waals surface area contributed by atoms with Gasteiger partial charge in [0.25, 0.3) is 0 Å². The monoisotopic (exact) mass is 325 g/mol. The van der Waals surface area contributed by atoms with Gasteiger partial charge in [0.1, 0.15) is 5.54 Å². The molecule has 0 aliphatic carbocycles. The highest BCUT2D eigenvalue weighted by Crippen LogP contribution is 2.34. The summed E-state index contributed by atoms with van der Waals surface area (Å²) in [6.45, 7) is 4.32. The highest BCUT2D eigenvalue weighted by atomic mass is 16.4. The first kappa shape index (κ1) is 20.0. The molecule has 1 unspecified atom stereocenters. The second-order valence-electron chi connectivity index (χ2n) is 7.04. The van der Waals surface area contributed by atoms with Crippen LogP contribution in [-0.4, -0.2) is 34.0 Å². The van der Waals surface area contributed by atoms with Gasteiger partial charge < -0.3 is 10.0 Å². The number of carboxylic acids is 1. The van der Waals surface area contributed by atoms with Gasteiger partial charge in [-0.1, -0.05) is 71.1 Å². The number of carbonyl (C=O) groups is 2. The van der Waals surface area contributed by atoms with Crippen LogP contribution in [0, 0.1) is 0 Å². The molecule has 1 fully saturated rings. The molecule has 0 radical (unpaired) electrons. The number of nitrogens with zero attached hydrogens (tertiary/aromatic N) is 1. The van der Waals surface area contributed by atoms with E-state index in [1.807, 2.05) is 0 Å². The summed E-state index contributed by atoms with van der Waals surface area (Å²) in [6, 6.07) is 0. The molecular weight excluding hydrogens is 290 g/mol. The lowest BCUT2D eigenvalue weighted by Crippen LogP contribution is -2.52. The van der Waals surface area contributed by atoms with Gasteiger partial charge in [-0.3, -0.25) is 4.79 Å². The van der Waals surface area contributed by atoms with Gasteiger partial charge in [0.15, 0.2) is 0 Å². The van der Waals surface area contributed by atoms with Crippen LogP contribution in [0.5, 0.6) is 0 Å². The number of carboxylic acid groups (broad SMARTS) is 1. The number of carbonyl (C=O) groups excluding carboxylic acids is 1. The van der Waals surface area contributed by atoms with Crippen molar-refractivity contribution in [2.24, 2.45) is 0 Å². The summed E-state index contributed by atoms with van der Waals surface area (Å²) >= 11 is 0. The summed E-state index contributed by atoms with van der Waals surface area (Å²) in [6.07, 6.45) is 14.4. The molecule has 0 aromatic heterocycles. The van der Waals surface area contributed by atoms with Crippen molar-refractivity contribution in [1.29, 1.82) is 0 Å². The number of rotatable bonds is 12. The van der Waals surface area contributed by atoms with Crippen molar-refractivity contribution in [3.8, 4) is 0 Å². The van der Waals surface area contributed by atoms with E-state index in [1.165, 1.54) is 58.3 Å². The predicted molar refractivity (Wildman–Crippen MR) is 93.4 cm³/mol. The summed E-state index contributed by atoms with van der Waals surface area (Å²) in [5, 5.41) is 9.63.